The topological polar surface area (TPSA) is 33.3 Å². The van der Waals surface area contributed by atoms with Crippen molar-refractivity contribution in [3.63, 3.8) is 0 Å². The quantitative estimate of drug-likeness (QED) is 0.896. The van der Waals surface area contributed by atoms with E-state index in [-0.39, 0.29) is 5.82 Å². The molecule has 1 aliphatic rings. The van der Waals surface area contributed by atoms with Gasteiger partial charge in [0.05, 0.1) is 18.9 Å². The summed E-state index contributed by atoms with van der Waals surface area (Å²) in [5.41, 5.74) is 0.538. The molecule has 1 atom stereocenters. The van der Waals surface area contributed by atoms with E-state index in [4.69, 9.17) is 4.74 Å². The molecule has 17 heavy (non-hydrogen) atoms. The number of hydrogen-bond acceptors (Lipinski definition) is 3. The number of hydrogen-bond donors (Lipinski definition) is 2. The maximum atomic E-state index is 13.4. The van der Waals surface area contributed by atoms with Gasteiger partial charge < -0.3 is 15.4 Å². The first kappa shape index (κ1) is 12.8. The summed E-state index contributed by atoms with van der Waals surface area (Å²) in [7, 11) is 0. The molecule has 1 aromatic carbocycles. The Morgan fingerprint density at radius 3 is 3.18 bits per heavy atom. The minimum absolute atomic E-state index is 0.221. The lowest BCUT2D eigenvalue weighted by Crippen LogP contribution is -2.42. The fourth-order valence-electron chi connectivity index (χ4n) is 1.82. The van der Waals surface area contributed by atoms with E-state index in [0.717, 1.165) is 37.2 Å². The van der Waals surface area contributed by atoms with Crippen LogP contribution in [-0.2, 0) is 4.74 Å². The molecular weight excluding hydrogens is 287 g/mol. The third-order valence-electron chi connectivity index (χ3n) is 2.74. The highest BCUT2D eigenvalue weighted by atomic mass is 79.9. The lowest BCUT2D eigenvalue weighted by molar-refractivity contribution is 0.0753. The molecule has 0 aromatic heterocycles. The highest BCUT2D eigenvalue weighted by molar-refractivity contribution is 9.10. The van der Waals surface area contributed by atoms with Crippen LogP contribution in [0.15, 0.2) is 22.7 Å². The van der Waals surface area contributed by atoms with E-state index in [1.807, 2.05) is 0 Å². The molecule has 0 radical (unpaired) electrons. The summed E-state index contributed by atoms with van der Waals surface area (Å²) in [6.45, 7) is 3.15. The molecule has 1 heterocycles. The fourth-order valence-corrected chi connectivity index (χ4v) is 2.18. The van der Waals surface area contributed by atoms with Gasteiger partial charge in [0.2, 0.25) is 0 Å². The zero-order valence-electron chi connectivity index (χ0n) is 9.51. The van der Waals surface area contributed by atoms with Crippen molar-refractivity contribution in [3.05, 3.63) is 28.5 Å². The molecule has 2 N–H and O–H groups in total. The number of halogens is 2. The average molecular weight is 303 g/mol. The van der Waals surface area contributed by atoms with Crippen LogP contribution in [0.4, 0.5) is 10.1 Å². The molecule has 1 saturated heterocycles. The number of anilines is 1. The molecule has 0 saturated carbocycles. The van der Waals surface area contributed by atoms with Gasteiger partial charge in [-0.1, -0.05) is 15.9 Å². The molecule has 94 valence electrons. The van der Waals surface area contributed by atoms with Gasteiger partial charge in [-0.05, 0) is 24.6 Å². The molecule has 0 amide bonds. The molecular formula is C12H16BrFN2O. The minimum atomic E-state index is -0.221. The van der Waals surface area contributed by atoms with E-state index >= 15 is 0 Å². The van der Waals surface area contributed by atoms with Gasteiger partial charge in [-0.15, -0.1) is 0 Å². The second-order valence-electron chi connectivity index (χ2n) is 4.07. The second kappa shape index (κ2) is 6.33. The van der Waals surface area contributed by atoms with Gasteiger partial charge in [0.15, 0.2) is 0 Å². The molecule has 1 unspecified atom stereocenters. The molecule has 0 aliphatic carbocycles. The Hall–Kier alpha value is -0.650. The van der Waals surface area contributed by atoms with Crippen molar-refractivity contribution < 1.29 is 9.13 Å². The van der Waals surface area contributed by atoms with E-state index in [9.17, 15) is 4.39 Å². The summed E-state index contributed by atoms with van der Waals surface area (Å²) in [6, 6.07) is 5.26. The standard InChI is InChI=1S/C12H16BrFN2O/c13-9-1-2-11(14)12(7-9)16-4-3-10-8-17-6-5-15-10/h1-2,7,10,15-16H,3-6,8H2. The third-order valence-corrected chi connectivity index (χ3v) is 3.23. The molecule has 3 nitrogen and oxygen atoms in total. The molecule has 0 spiro atoms. The zero-order chi connectivity index (χ0) is 12.1. The van der Waals surface area contributed by atoms with Crippen LogP contribution in [0.5, 0.6) is 0 Å². The van der Waals surface area contributed by atoms with Crippen molar-refractivity contribution in [1.82, 2.24) is 5.32 Å². The maximum Gasteiger partial charge on any atom is 0.146 e. The molecule has 2 rings (SSSR count). The highest BCUT2D eigenvalue weighted by Crippen LogP contribution is 2.19. The molecule has 1 fully saturated rings. The Kier molecular flexibility index (Phi) is 4.76. The molecule has 5 heteroatoms. The van der Waals surface area contributed by atoms with Crippen molar-refractivity contribution in [2.75, 3.05) is 31.6 Å². The third kappa shape index (κ3) is 3.94. The van der Waals surface area contributed by atoms with Crippen molar-refractivity contribution in [2.24, 2.45) is 0 Å². The van der Waals surface area contributed by atoms with E-state index in [0.29, 0.717) is 11.7 Å². The van der Waals surface area contributed by atoms with E-state index in [1.54, 1.807) is 12.1 Å². The van der Waals surface area contributed by atoms with Crippen molar-refractivity contribution >= 4 is 21.6 Å². The largest absolute Gasteiger partial charge is 0.383 e. The summed E-state index contributed by atoms with van der Waals surface area (Å²) in [6.07, 6.45) is 0.923. The maximum absolute atomic E-state index is 13.4. The van der Waals surface area contributed by atoms with Crippen LogP contribution >= 0.6 is 15.9 Å². The van der Waals surface area contributed by atoms with E-state index in [1.165, 1.54) is 6.07 Å². The summed E-state index contributed by atoms with van der Waals surface area (Å²) in [5.74, 6) is -0.221. The van der Waals surface area contributed by atoms with Crippen LogP contribution in [0.3, 0.4) is 0 Å². The normalized spacial score (nSPS) is 20.2. The van der Waals surface area contributed by atoms with Gasteiger partial charge in [0.25, 0.3) is 0 Å². The minimum Gasteiger partial charge on any atom is -0.383 e. The van der Waals surface area contributed by atoms with Crippen LogP contribution < -0.4 is 10.6 Å². The second-order valence-corrected chi connectivity index (χ2v) is 4.98. The highest BCUT2D eigenvalue weighted by Gasteiger charge is 2.12. The van der Waals surface area contributed by atoms with Gasteiger partial charge in [0, 0.05) is 23.6 Å². The summed E-state index contributed by atoms with van der Waals surface area (Å²) in [5, 5.41) is 6.46. The lowest BCUT2D eigenvalue weighted by atomic mass is 10.2. The monoisotopic (exact) mass is 302 g/mol. The summed E-state index contributed by atoms with van der Waals surface area (Å²) >= 11 is 3.33. The number of morpholine rings is 1. The first-order chi connectivity index (χ1) is 8.25. The Balaban J connectivity index is 1.79. The SMILES string of the molecule is Fc1ccc(Br)cc1NCCC1COCCN1. The zero-order valence-corrected chi connectivity index (χ0v) is 11.1. The van der Waals surface area contributed by atoms with Crippen LogP contribution in [-0.4, -0.2) is 32.3 Å². The van der Waals surface area contributed by atoms with E-state index < -0.39 is 0 Å². The number of nitrogens with one attached hydrogen (secondary N) is 2. The molecule has 1 aromatic rings. The van der Waals surface area contributed by atoms with Gasteiger partial charge in [0.1, 0.15) is 5.82 Å². The Morgan fingerprint density at radius 2 is 2.41 bits per heavy atom. The summed E-state index contributed by atoms with van der Waals surface area (Å²) in [4.78, 5) is 0. The predicted molar refractivity (Wildman–Crippen MR) is 69.8 cm³/mol. The van der Waals surface area contributed by atoms with Crippen molar-refractivity contribution in [2.45, 2.75) is 12.5 Å². The molecule has 1 aliphatic heterocycles. The van der Waals surface area contributed by atoms with Crippen LogP contribution in [0.2, 0.25) is 0 Å². The van der Waals surface area contributed by atoms with Crippen molar-refractivity contribution in [1.29, 1.82) is 0 Å². The smallest absolute Gasteiger partial charge is 0.146 e. The average Bonchev–Trinajstić information content (AvgIpc) is 2.35. The van der Waals surface area contributed by atoms with E-state index in [2.05, 4.69) is 26.6 Å². The Labute approximate surface area is 109 Å². The lowest BCUT2D eigenvalue weighted by Gasteiger charge is -2.24. The summed E-state index contributed by atoms with van der Waals surface area (Å²) < 4.78 is 19.6. The van der Waals surface area contributed by atoms with Crippen LogP contribution in [0.25, 0.3) is 0 Å². The van der Waals surface area contributed by atoms with Gasteiger partial charge in [-0.3, -0.25) is 0 Å². The molecule has 0 bridgehead atoms. The van der Waals surface area contributed by atoms with Gasteiger partial charge >= 0.3 is 0 Å². The first-order valence-electron chi connectivity index (χ1n) is 5.76. The Morgan fingerprint density at radius 1 is 1.53 bits per heavy atom. The number of benzene rings is 1. The van der Waals surface area contributed by atoms with Gasteiger partial charge in [-0.25, -0.2) is 4.39 Å². The van der Waals surface area contributed by atoms with Crippen LogP contribution in [0, 0.1) is 5.82 Å². The number of rotatable bonds is 4. The predicted octanol–water partition coefficient (Wildman–Crippen LogP) is 2.38. The van der Waals surface area contributed by atoms with Crippen molar-refractivity contribution in [3.8, 4) is 0 Å². The number of ether oxygens (including phenoxy) is 1. The van der Waals surface area contributed by atoms with Gasteiger partial charge in [-0.2, -0.15) is 0 Å². The fraction of sp³-hybridized carbons (Fsp3) is 0.500. The Bertz CT molecular complexity index is 370. The first-order valence-corrected chi connectivity index (χ1v) is 6.55. The van der Waals surface area contributed by atoms with Crippen LogP contribution in [0.1, 0.15) is 6.42 Å².